The molecule has 1 aromatic heterocycles. The van der Waals surface area contributed by atoms with Crippen molar-refractivity contribution < 1.29 is 14.0 Å². The van der Waals surface area contributed by atoms with Gasteiger partial charge in [0.05, 0.1) is 16.6 Å². The van der Waals surface area contributed by atoms with Crippen molar-refractivity contribution in [2.45, 2.75) is 18.6 Å². The lowest BCUT2D eigenvalue weighted by Crippen LogP contribution is -2.31. The van der Waals surface area contributed by atoms with Gasteiger partial charge >= 0.3 is 0 Å². The predicted octanol–water partition coefficient (Wildman–Crippen LogP) is 5.38. The lowest BCUT2D eigenvalue weighted by atomic mass is 10.1. The summed E-state index contributed by atoms with van der Waals surface area (Å²) in [7, 11) is 0. The van der Waals surface area contributed by atoms with Gasteiger partial charge in [0, 0.05) is 11.8 Å². The molecule has 0 radical (unpaired) electrons. The maximum atomic E-state index is 13.6. The highest BCUT2D eigenvalue weighted by molar-refractivity contribution is 8.05. The number of hydrogen-bond acceptors (Lipinski definition) is 5. The van der Waals surface area contributed by atoms with Crippen LogP contribution in [0, 0.1) is 24.1 Å². The average Bonchev–Trinajstić information content (AvgIpc) is 3.45. The summed E-state index contributed by atoms with van der Waals surface area (Å²) in [4.78, 5) is 28.5. The summed E-state index contributed by atoms with van der Waals surface area (Å²) in [5.74, 6) is -0.871. The van der Waals surface area contributed by atoms with E-state index in [1.54, 1.807) is 54.1 Å². The second kappa shape index (κ2) is 10.7. The van der Waals surface area contributed by atoms with Crippen LogP contribution in [0.15, 0.2) is 102 Å². The first kappa shape index (κ1) is 25.0. The van der Waals surface area contributed by atoms with E-state index in [2.05, 4.69) is 10.4 Å². The minimum absolute atomic E-state index is 0.188. The number of carbonyl (C=O) groups is 2. The van der Waals surface area contributed by atoms with Gasteiger partial charge in [0.2, 0.25) is 5.91 Å². The molecule has 1 atom stereocenters. The minimum Gasteiger partial charge on any atom is -0.306 e. The number of amides is 2. The van der Waals surface area contributed by atoms with E-state index in [4.69, 9.17) is 0 Å². The van der Waals surface area contributed by atoms with E-state index in [9.17, 15) is 19.2 Å². The second-order valence-electron chi connectivity index (χ2n) is 8.61. The SMILES string of the molecule is Cc1cc(NC(=O)/C(C#N)=C2\S[C@H](Cc3ccc(F)cc3)C(=O)N2c2ccccc2)n(-c2ccccc2)n1. The van der Waals surface area contributed by atoms with E-state index in [-0.39, 0.29) is 22.3 Å². The molecular weight excluding hydrogens is 501 g/mol. The zero-order valence-electron chi connectivity index (χ0n) is 20.3. The number of rotatable bonds is 6. The average molecular weight is 524 g/mol. The predicted molar refractivity (Wildman–Crippen MR) is 145 cm³/mol. The Morgan fingerprint density at radius 2 is 1.66 bits per heavy atom. The first-order valence-corrected chi connectivity index (χ1v) is 12.7. The van der Waals surface area contributed by atoms with Crippen LogP contribution in [-0.4, -0.2) is 26.8 Å². The summed E-state index contributed by atoms with van der Waals surface area (Å²) < 4.78 is 15.0. The Morgan fingerprint density at radius 3 is 2.29 bits per heavy atom. The molecule has 1 fully saturated rings. The molecule has 9 heteroatoms. The van der Waals surface area contributed by atoms with Gasteiger partial charge in [0.1, 0.15) is 28.3 Å². The number of hydrogen-bond donors (Lipinski definition) is 1. The summed E-state index contributed by atoms with van der Waals surface area (Å²) in [5.41, 5.74) is 2.57. The van der Waals surface area contributed by atoms with Gasteiger partial charge in [0.15, 0.2) is 0 Å². The Balaban J connectivity index is 1.51. The number of benzene rings is 3. The fourth-order valence-corrected chi connectivity index (χ4v) is 5.48. The third-order valence-corrected chi connectivity index (χ3v) is 7.19. The van der Waals surface area contributed by atoms with Crippen molar-refractivity contribution in [2.75, 3.05) is 10.2 Å². The molecule has 188 valence electrons. The number of nitrogens with zero attached hydrogens (tertiary/aromatic N) is 4. The van der Waals surface area contributed by atoms with Crippen molar-refractivity contribution in [2.24, 2.45) is 0 Å². The topological polar surface area (TPSA) is 91.0 Å². The van der Waals surface area contributed by atoms with E-state index in [0.29, 0.717) is 23.6 Å². The summed E-state index contributed by atoms with van der Waals surface area (Å²) in [6.45, 7) is 1.81. The molecule has 7 nitrogen and oxygen atoms in total. The number of halogens is 1. The first-order valence-electron chi connectivity index (χ1n) is 11.8. The number of nitriles is 1. The van der Waals surface area contributed by atoms with Gasteiger partial charge in [-0.3, -0.25) is 14.5 Å². The Morgan fingerprint density at radius 1 is 1.03 bits per heavy atom. The molecule has 1 aliphatic heterocycles. The van der Waals surface area contributed by atoms with Crippen LogP contribution in [0.2, 0.25) is 0 Å². The largest absolute Gasteiger partial charge is 0.306 e. The number of anilines is 2. The van der Waals surface area contributed by atoms with Crippen molar-refractivity contribution >= 4 is 35.1 Å². The molecule has 0 spiro atoms. The molecule has 3 aromatic carbocycles. The fraction of sp³-hybridized carbons (Fsp3) is 0.103. The molecule has 2 amide bonds. The number of thioether (sulfide) groups is 1. The van der Waals surface area contributed by atoms with Crippen LogP contribution in [0.5, 0.6) is 0 Å². The van der Waals surface area contributed by atoms with E-state index in [1.807, 2.05) is 42.5 Å². The van der Waals surface area contributed by atoms with Crippen molar-refractivity contribution in [1.29, 1.82) is 5.26 Å². The molecule has 0 saturated carbocycles. The number of aryl methyl sites for hydroxylation is 1. The molecule has 1 N–H and O–H groups in total. The van der Waals surface area contributed by atoms with Gasteiger partial charge in [-0.15, -0.1) is 0 Å². The molecule has 4 aromatic rings. The Hall–Kier alpha value is -4.68. The number of aromatic nitrogens is 2. The fourth-order valence-electron chi connectivity index (χ4n) is 4.17. The quantitative estimate of drug-likeness (QED) is 0.271. The minimum atomic E-state index is -0.650. The van der Waals surface area contributed by atoms with Crippen LogP contribution < -0.4 is 10.2 Å². The van der Waals surface area contributed by atoms with Crippen LogP contribution in [-0.2, 0) is 16.0 Å². The third-order valence-electron chi connectivity index (χ3n) is 5.93. The number of carbonyl (C=O) groups excluding carboxylic acids is 2. The molecule has 0 unspecified atom stereocenters. The molecule has 0 aliphatic carbocycles. The summed E-state index contributed by atoms with van der Waals surface area (Å²) >= 11 is 1.15. The van der Waals surface area contributed by atoms with E-state index in [0.717, 1.165) is 23.0 Å². The van der Waals surface area contributed by atoms with Crippen LogP contribution in [0.1, 0.15) is 11.3 Å². The zero-order chi connectivity index (χ0) is 26.6. The molecule has 2 heterocycles. The third kappa shape index (κ3) is 5.08. The van der Waals surface area contributed by atoms with Crippen molar-refractivity contribution in [1.82, 2.24) is 9.78 Å². The summed E-state index contributed by atoms with van der Waals surface area (Å²) in [6.07, 6.45) is 0.316. The van der Waals surface area contributed by atoms with Gasteiger partial charge < -0.3 is 5.32 Å². The van der Waals surface area contributed by atoms with Crippen LogP contribution in [0.4, 0.5) is 15.9 Å². The van der Waals surface area contributed by atoms with Crippen LogP contribution >= 0.6 is 11.8 Å². The Labute approximate surface area is 223 Å². The normalized spacial score (nSPS) is 16.3. The highest BCUT2D eigenvalue weighted by Gasteiger charge is 2.40. The monoisotopic (exact) mass is 523 g/mol. The maximum Gasteiger partial charge on any atom is 0.270 e. The van der Waals surface area contributed by atoms with Crippen molar-refractivity contribution in [3.8, 4) is 11.8 Å². The molecule has 1 saturated heterocycles. The van der Waals surface area contributed by atoms with Gasteiger partial charge in [-0.05, 0) is 55.3 Å². The Bertz CT molecular complexity index is 1560. The van der Waals surface area contributed by atoms with Crippen LogP contribution in [0.3, 0.4) is 0 Å². The summed E-state index contributed by atoms with van der Waals surface area (Å²) in [5, 5.41) is 17.0. The van der Waals surface area contributed by atoms with Crippen LogP contribution in [0.25, 0.3) is 5.69 Å². The zero-order valence-corrected chi connectivity index (χ0v) is 21.2. The smallest absolute Gasteiger partial charge is 0.270 e. The highest BCUT2D eigenvalue weighted by Crippen LogP contribution is 2.42. The maximum absolute atomic E-state index is 13.6. The molecule has 38 heavy (non-hydrogen) atoms. The van der Waals surface area contributed by atoms with E-state index < -0.39 is 11.2 Å². The van der Waals surface area contributed by atoms with Gasteiger partial charge in [-0.1, -0.05) is 60.3 Å². The lowest BCUT2D eigenvalue weighted by Gasteiger charge is -2.18. The molecule has 5 rings (SSSR count). The summed E-state index contributed by atoms with van der Waals surface area (Å²) in [6, 6.07) is 27.9. The second-order valence-corrected chi connectivity index (χ2v) is 9.80. The first-order chi connectivity index (χ1) is 18.4. The van der Waals surface area contributed by atoms with Crippen molar-refractivity contribution in [3.63, 3.8) is 0 Å². The lowest BCUT2D eigenvalue weighted by molar-refractivity contribution is -0.117. The molecular formula is C29H22FN5O2S. The van der Waals surface area contributed by atoms with E-state index >= 15 is 0 Å². The molecule has 1 aliphatic rings. The standard InChI is InChI=1S/C29H22FN5O2S/c1-19-16-26(35(33-19)23-10-6-3-7-11-23)32-27(36)24(18-31)29-34(22-8-4-2-5-9-22)28(37)25(38-29)17-20-12-14-21(30)15-13-20/h2-16,25H,17H2,1H3,(H,32,36)/b29-24-/t25-/m1/s1. The van der Waals surface area contributed by atoms with Gasteiger partial charge in [-0.25, -0.2) is 9.07 Å². The Kier molecular flexibility index (Phi) is 7.07. The highest BCUT2D eigenvalue weighted by atomic mass is 32.2. The van der Waals surface area contributed by atoms with Gasteiger partial charge in [0.25, 0.3) is 5.91 Å². The van der Waals surface area contributed by atoms with Crippen molar-refractivity contribution in [3.05, 3.63) is 119 Å². The number of para-hydroxylation sites is 2. The molecule has 0 bridgehead atoms. The van der Waals surface area contributed by atoms with E-state index in [1.165, 1.54) is 17.0 Å². The number of nitrogens with one attached hydrogen (secondary N) is 1. The van der Waals surface area contributed by atoms with Gasteiger partial charge in [-0.2, -0.15) is 10.4 Å².